The lowest BCUT2D eigenvalue weighted by atomic mass is 10.1. The van der Waals surface area contributed by atoms with Crippen LogP contribution in [-0.4, -0.2) is 50.0 Å². The molecule has 0 bridgehead atoms. The lowest BCUT2D eigenvalue weighted by molar-refractivity contribution is -0.139. The first-order chi connectivity index (χ1) is 15.8. The van der Waals surface area contributed by atoms with Crippen LogP contribution in [0.4, 0.5) is 5.69 Å². The number of nitrogens with zero attached hydrogens (tertiary/aromatic N) is 2. The van der Waals surface area contributed by atoms with E-state index in [1.54, 1.807) is 19.1 Å². The molecule has 0 heterocycles. The lowest BCUT2D eigenvalue weighted by Gasteiger charge is -2.32. The Morgan fingerprint density at radius 2 is 1.68 bits per heavy atom. The van der Waals surface area contributed by atoms with E-state index in [4.69, 9.17) is 0 Å². The molecule has 2 rings (SSSR count). The molecule has 0 saturated carbocycles. The third kappa shape index (κ3) is 7.32. The van der Waals surface area contributed by atoms with Gasteiger partial charge in [0, 0.05) is 12.6 Å². The molecule has 0 aliphatic carbocycles. The molecule has 0 aliphatic heterocycles. The van der Waals surface area contributed by atoms with E-state index in [-0.39, 0.29) is 18.5 Å². The Balaban J connectivity index is 2.41. The summed E-state index contributed by atoms with van der Waals surface area (Å²) in [5.41, 5.74) is 4.28. The van der Waals surface area contributed by atoms with Gasteiger partial charge in [-0.3, -0.25) is 13.9 Å². The molecule has 2 amide bonds. The van der Waals surface area contributed by atoms with Crippen LogP contribution in [0.1, 0.15) is 49.4 Å². The Bertz CT molecular complexity index is 1130. The Morgan fingerprint density at radius 3 is 2.24 bits per heavy atom. The monoisotopic (exact) mass is 487 g/mol. The highest BCUT2D eigenvalue weighted by Crippen LogP contribution is 2.22. The fraction of sp³-hybridized carbons (Fsp3) is 0.462. The first-order valence-corrected chi connectivity index (χ1v) is 13.4. The van der Waals surface area contributed by atoms with Crippen LogP contribution >= 0.6 is 0 Å². The average Bonchev–Trinajstić information content (AvgIpc) is 2.76. The quantitative estimate of drug-likeness (QED) is 0.554. The number of carbonyl (C=O) groups is 2. The molecule has 0 aromatic heterocycles. The van der Waals surface area contributed by atoms with Gasteiger partial charge in [0.05, 0.1) is 11.9 Å². The minimum atomic E-state index is -3.74. The molecule has 34 heavy (non-hydrogen) atoms. The predicted molar refractivity (Wildman–Crippen MR) is 137 cm³/mol. The number of rotatable bonds is 10. The second-order valence-electron chi connectivity index (χ2n) is 9.04. The summed E-state index contributed by atoms with van der Waals surface area (Å²) >= 11 is 0. The molecular weight excluding hydrogens is 450 g/mol. The van der Waals surface area contributed by atoms with Crippen LogP contribution < -0.4 is 9.62 Å². The summed E-state index contributed by atoms with van der Waals surface area (Å²) in [5, 5.41) is 2.93. The van der Waals surface area contributed by atoms with Crippen LogP contribution in [0.3, 0.4) is 0 Å². The van der Waals surface area contributed by atoms with Gasteiger partial charge in [0.15, 0.2) is 0 Å². The van der Waals surface area contributed by atoms with Crippen LogP contribution in [0.2, 0.25) is 0 Å². The molecule has 2 aromatic rings. The largest absolute Gasteiger partial charge is 0.352 e. The molecule has 0 saturated heterocycles. The summed E-state index contributed by atoms with van der Waals surface area (Å²) in [4.78, 5) is 27.9. The van der Waals surface area contributed by atoms with Crippen molar-refractivity contribution in [3.05, 3.63) is 64.7 Å². The Hall–Kier alpha value is -2.87. The number of amides is 2. The van der Waals surface area contributed by atoms with Gasteiger partial charge >= 0.3 is 0 Å². The zero-order valence-electron chi connectivity index (χ0n) is 21.3. The van der Waals surface area contributed by atoms with Gasteiger partial charge in [-0.25, -0.2) is 8.42 Å². The number of anilines is 1. The summed E-state index contributed by atoms with van der Waals surface area (Å²) in [7, 11) is -3.74. The summed E-state index contributed by atoms with van der Waals surface area (Å²) in [6.07, 6.45) is 1.85. The average molecular weight is 488 g/mol. The van der Waals surface area contributed by atoms with E-state index >= 15 is 0 Å². The van der Waals surface area contributed by atoms with Gasteiger partial charge in [0.2, 0.25) is 21.8 Å². The van der Waals surface area contributed by atoms with E-state index in [1.807, 2.05) is 65.0 Å². The van der Waals surface area contributed by atoms with Gasteiger partial charge in [-0.05, 0) is 69.9 Å². The van der Waals surface area contributed by atoms with E-state index < -0.39 is 28.5 Å². The topological polar surface area (TPSA) is 86.8 Å². The van der Waals surface area contributed by atoms with Crippen molar-refractivity contribution in [3.8, 4) is 0 Å². The Morgan fingerprint density at radius 1 is 1.00 bits per heavy atom. The van der Waals surface area contributed by atoms with Gasteiger partial charge in [-0.15, -0.1) is 0 Å². The maximum atomic E-state index is 13.6. The maximum Gasteiger partial charge on any atom is 0.244 e. The number of aryl methyl sites for hydroxylation is 3. The lowest BCUT2D eigenvalue weighted by Crippen LogP contribution is -2.52. The minimum absolute atomic E-state index is 0.0334. The molecule has 186 valence electrons. The molecule has 0 fully saturated rings. The zero-order chi connectivity index (χ0) is 25.6. The molecule has 8 heteroatoms. The number of nitrogens with one attached hydrogen (secondary N) is 1. The van der Waals surface area contributed by atoms with Crippen molar-refractivity contribution in [2.45, 2.75) is 66.6 Å². The van der Waals surface area contributed by atoms with Crippen molar-refractivity contribution in [1.29, 1.82) is 0 Å². The van der Waals surface area contributed by atoms with Crippen LogP contribution in [0.5, 0.6) is 0 Å². The predicted octanol–water partition coefficient (Wildman–Crippen LogP) is 3.71. The van der Waals surface area contributed by atoms with Crippen molar-refractivity contribution < 1.29 is 18.0 Å². The highest BCUT2D eigenvalue weighted by atomic mass is 32.2. The van der Waals surface area contributed by atoms with Crippen molar-refractivity contribution in [2.75, 3.05) is 17.1 Å². The molecule has 2 atom stereocenters. The zero-order valence-corrected chi connectivity index (χ0v) is 22.1. The summed E-state index contributed by atoms with van der Waals surface area (Å²) in [5.74, 6) is -0.718. The third-order valence-corrected chi connectivity index (χ3v) is 7.20. The molecular formula is C26H37N3O4S. The van der Waals surface area contributed by atoms with Crippen LogP contribution in [0, 0.1) is 20.8 Å². The third-order valence-electron chi connectivity index (χ3n) is 6.06. The van der Waals surface area contributed by atoms with Crippen molar-refractivity contribution in [3.63, 3.8) is 0 Å². The van der Waals surface area contributed by atoms with Crippen LogP contribution in [0.25, 0.3) is 0 Å². The molecule has 0 aliphatic rings. The highest BCUT2D eigenvalue weighted by molar-refractivity contribution is 7.92. The van der Waals surface area contributed by atoms with E-state index in [1.165, 1.54) is 4.90 Å². The van der Waals surface area contributed by atoms with Gasteiger partial charge < -0.3 is 10.2 Å². The molecule has 7 nitrogen and oxygen atoms in total. The van der Waals surface area contributed by atoms with Gasteiger partial charge in [0.1, 0.15) is 12.6 Å². The summed E-state index contributed by atoms with van der Waals surface area (Å²) < 4.78 is 26.4. The second-order valence-corrected chi connectivity index (χ2v) is 10.9. The first-order valence-electron chi connectivity index (χ1n) is 11.5. The van der Waals surface area contributed by atoms with Crippen LogP contribution in [-0.2, 0) is 26.2 Å². The number of hydrogen-bond acceptors (Lipinski definition) is 4. The van der Waals surface area contributed by atoms with E-state index in [9.17, 15) is 18.0 Å². The van der Waals surface area contributed by atoms with Crippen molar-refractivity contribution >= 4 is 27.5 Å². The molecule has 0 spiro atoms. The normalized spacial score (nSPS) is 13.1. The highest BCUT2D eigenvalue weighted by Gasteiger charge is 2.30. The van der Waals surface area contributed by atoms with E-state index in [0.29, 0.717) is 5.69 Å². The van der Waals surface area contributed by atoms with Gasteiger partial charge in [-0.1, -0.05) is 42.8 Å². The van der Waals surface area contributed by atoms with Crippen LogP contribution in [0.15, 0.2) is 42.5 Å². The van der Waals surface area contributed by atoms with E-state index in [2.05, 4.69) is 5.32 Å². The molecule has 1 N–H and O–H groups in total. The molecule has 2 aromatic carbocycles. The number of sulfonamides is 1. The number of benzene rings is 2. The van der Waals surface area contributed by atoms with E-state index in [0.717, 1.165) is 39.2 Å². The Kier molecular flexibility index (Phi) is 9.27. The van der Waals surface area contributed by atoms with Crippen molar-refractivity contribution in [2.24, 2.45) is 0 Å². The fourth-order valence-electron chi connectivity index (χ4n) is 3.55. The summed E-state index contributed by atoms with van der Waals surface area (Å²) in [6.45, 7) is 11.1. The van der Waals surface area contributed by atoms with Crippen molar-refractivity contribution in [1.82, 2.24) is 10.2 Å². The number of hydrogen-bond donors (Lipinski definition) is 1. The number of carbonyl (C=O) groups excluding carboxylic acids is 2. The maximum absolute atomic E-state index is 13.6. The standard InChI is InChI=1S/C26H37N3O4S/c1-8-21(5)27-26(31)22(6)28(16-23-11-9-10-18(2)14-23)25(30)17-29(34(7,32)33)24-13-12-19(3)20(4)15-24/h9-15,21-22H,8,16-17H2,1-7H3,(H,27,31)/t21-,22+/m0/s1. The SMILES string of the molecule is CC[C@H](C)NC(=O)[C@@H](C)N(Cc1cccc(C)c1)C(=O)CN(c1ccc(C)c(C)c1)S(C)(=O)=O. The minimum Gasteiger partial charge on any atom is -0.352 e. The smallest absolute Gasteiger partial charge is 0.244 e. The second kappa shape index (κ2) is 11.5. The first kappa shape index (κ1) is 27.4. The Labute approximate surface area is 204 Å². The molecule has 0 unspecified atom stereocenters. The van der Waals surface area contributed by atoms with Gasteiger partial charge in [-0.2, -0.15) is 0 Å². The fourth-order valence-corrected chi connectivity index (χ4v) is 4.39. The summed E-state index contributed by atoms with van der Waals surface area (Å²) in [6, 6.07) is 12.2. The van der Waals surface area contributed by atoms with Gasteiger partial charge in [0.25, 0.3) is 0 Å². The molecule has 0 radical (unpaired) electrons.